The van der Waals surface area contributed by atoms with Crippen molar-refractivity contribution in [1.82, 2.24) is 14.9 Å². The Labute approximate surface area is 178 Å². The van der Waals surface area contributed by atoms with Crippen molar-refractivity contribution in [2.45, 2.75) is 39.2 Å². The summed E-state index contributed by atoms with van der Waals surface area (Å²) in [6.07, 6.45) is 4.89. The van der Waals surface area contributed by atoms with Gasteiger partial charge >= 0.3 is 0 Å². The molecule has 1 aromatic heterocycles. The lowest BCUT2D eigenvalue weighted by molar-refractivity contribution is -0.126. The van der Waals surface area contributed by atoms with Gasteiger partial charge in [-0.05, 0) is 54.4 Å². The molecule has 1 aliphatic carbocycles. The molecule has 1 fully saturated rings. The lowest BCUT2D eigenvalue weighted by Gasteiger charge is -2.38. The van der Waals surface area contributed by atoms with Crippen molar-refractivity contribution in [3.8, 4) is 0 Å². The van der Waals surface area contributed by atoms with Crippen LogP contribution in [-0.4, -0.2) is 52.1 Å². The Kier molecular flexibility index (Phi) is 5.86. The Balaban J connectivity index is 1.58. The van der Waals surface area contributed by atoms with Crippen LogP contribution in [0.4, 0.5) is 5.82 Å². The number of piperazine rings is 1. The Morgan fingerprint density at radius 3 is 2.70 bits per heavy atom. The Bertz CT molecular complexity index is 950. The molecule has 0 bridgehead atoms. The average Bonchev–Trinajstić information content (AvgIpc) is 2.78. The van der Waals surface area contributed by atoms with Crippen LogP contribution in [0.25, 0.3) is 0 Å². The molecular weight excluding hydrogens is 376 g/mol. The van der Waals surface area contributed by atoms with Crippen molar-refractivity contribution in [3.63, 3.8) is 0 Å². The molecule has 2 heterocycles. The third-order valence-corrected chi connectivity index (χ3v) is 6.63. The fourth-order valence-corrected chi connectivity index (χ4v) is 4.84. The number of benzene rings is 1. The highest BCUT2D eigenvalue weighted by atomic mass is 16.3. The highest BCUT2D eigenvalue weighted by Crippen LogP contribution is 2.40. The van der Waals surface area contributed by atoms with E-state index in [2.05, 4.69) is 47.4 Å². The summed E-state index contributed by atoms with van der Waals surface area (Å²) in [7, 11) is 0. The molecule has 158 valence electrons. The topological polar surface area (TPSA) is 69.6 Å². The zero-order valence-corrected chi connectivity index (χ0v) is 17.8. The number of carbonyl (C=O) groups excluding carboxylic acids is 1. The van der Waals surface area contributed by atoms with E-state index in [1.54, 1.807) is 6.33 Å². The first-order chi connectivity index (χ1) is 14.5. The van der Waals surface area contributed by atoms with E-state index in [1.165, 1.54) is 22.8 Å². The lowest BCUT2D eigenvalue weighted by Crippen LogP contribution is -2.49. The Morgan fingerprint density at radius 1 is 1.23 bits per heavy atom. The first-order valence-electron chi connectivity index (χ1n) is 10.7. The highest BCUT2D eigenvalue weighted by Gasteiger charge is 2.32. The van der Waals surface area contributed by atoms with Gasteiger partial charge in [0.2, 0.25) is 5.91 Å². The van der Waals surface area contributed by atoms with Gasteiger partial charge < -0.3 is 14.9 Å². The van der Waals surface area contributed by atoms with Crippen LogP contribution in [0.2, 0.25) is 0 Å². The summed E-state index contributed by atoms with van der Waals surface area (Å²) in [6, 6.07) is 6.26. The van der Waals surface area contributed by atoms with E-state index in [9.17, 15) is 9.90 Å². The lowest BCUT2D eigenvalue weighted by atomic mass is 9.74. The number of aliphatic hydroxyl groups excluding tert-OH is 1. The molecular formula is C24H30N4O2. The predicted molar refractivity (Wildman–Crippen MR) is 117 cm³/mol. The number of nitrogens with zero attached hydrogens (tertiary/aromatic N) is 4. The van der Waals surface area contributed by atoms with E-state index in [0.717, 1.165) is 43.0 Å². The normalized spacial score (nSPS) is 21.3. The number of aromatic nitrogens is 2. The molecule has 6 nitrogen and oxygen atoms in total. The van der Waals surface area contributed by atoms with Gasteiger partial charge in [-0.15, -0.1) is 0 Å². The highest BCUT2D eigenvalue weighted by molar-refractivity contribution is 5.87. The maximum absolute atomic E-state index is 11.9. The summed E-state index contributed by atoms with van der Waals surface area (Å²) in [5.41, 5.74) is 5.92. The molecule has 6 heteroatoms. The minimum Gasteiger partial charge on any atom is -0.392 e. The molecule has 1 amide bonds. The van der Waals surface area contributed by atoms with Gasteiger partial charge in [0.15, 0.2) is 0 Å². The second-order valence-electron chi connectivity index (χ2n) is 8.48. The van der Waals surface area contributed by atoms with Crippen molar-refractivity contribution in [3.05, 3.63) is 65.1 Å². The Hall–Kier alpha value is -2.73. The molecule has 0 radical (unpaired) electrons. The summed E-state index contributed by atoms with van der Waals surface area (Å²) in [5, 5.41) is 9.57. The number of carbonyl (C=O) groups is 1. The van der Waals surface area contributed by atoms with E-state index < -0.39 is 0 Å². The second kappa shape index (κ2) is 8.56. The first kappa shape index (κ1) is 20.5. The van der Waals surface area contributed by atoms with Crippen molar-refractivity contribution in [2.24, 2.45) is 5.92 Å². The molecule has 1 N–H and O–H groups in total. The van der Waals surface area contributed by atoms with Crippen molar-refractivity contribution in [2.75, 3.05) is 31.1 Å². The van der Waals surface area contributed by atoms with Gasteiger partial charge in [-0.3, -0.25) is 4.79 Å². The van der Waals surface area contributed by atoms with Gasteiger partial charge in [-0.25, -0.2) is 9.97 Å². The third-order valence-electron chi connectivity index (χ3n) is 6.63. The average molecular weight is 407 g/mol. The zero-order chi connectivity index (χ0) is 21.3. The van der Waals surface area contributed by atoms with Crippen LogP contribution in [0, 0.1) is 12.8 Å². The molecule has 2 aliphatic rings. The zero-order valence-electron chi connectivity index (χ0n) is 17.8. The van der Waals surface area contributed by atoms with Crippen LogP contribution in [0.5, 0.6) is 0 Å². The molecule has 0 saturated carbocycles. The second-order valence-corrected chi connectivity index (χ2v) is 8.48. The van der Waals surface area contributed by atoms with E-state index in [4.69, 9.17) is 0 Å². The number of fused-ring (bicyclic) bond motifs is 1. The summed E-state index contributed by atoms with van der Waals surface area (Å²) < 4.78 is 0. The maximum Gasteiger partial charge on any atom is 0.246 e. The molecule has 4 rings (SSSR count). The molecule has 2 atom stereocenters. The number of rotatable bonds is 4. The van der Waals surface area contributed by atoms with Crippen LogP contribution in [0.15, 0.2) is 37.2 Å². The molecule has 2 aromatic rings. The number of hydrogen-bond donors (Lipinski definition) is 1. The molecule has 0 spiro atoms. The van der Waals surface area contributed by atoms with E-state index in [0.29, 0.717) is 24.9 Å². The standard InChI is InChI=1S/C24H30N4O2/c1-4-23(30)27-7-9-28(10-8-27)24-21-11-17(3)20(13-22(21)25-15-26-24)19-12-18(14-29)6-5-16(19)2/h4-6,12,15,17,20,29H,1,7-11,13-14H2,2-3H3/t17-,20-/m0/s1. The molecule has 1 aliphatic heterocycles. The van der Waals surface area contributed by atoms with Gasteiger partial charge in [0.25, 0.3) is 0 Å². The van der Waals surface area contributed by atoms with Gasteiger partial charge in [-0.1, -0.05) is 31.7 Å². The fraction of sp³-hybridized carbons (Fsp3) is 0.458. The van der Waals surface area contributed by atoms with Crippen LogP contribution >= 0.6 is 0 Å². The van der Waals surface area contributed by atoms with Crippen molar-refractivity contribution < 1.29 is 9.90 Å². The minimum atomic E-state index is -0.00342. The van der Waals surface area contributed by atoms with Gasteiger partial charge in [-0.2, -0.15) is 0 Å². The SMILES string of the molecule is C=CC(=O)N1CCN(c2ncnc3c2C[C@H](C)[C@@H](c2cc(CO)ccc2C)C3)CC1. The third kappa shape index (κ3) is 3.84. The van der Waals surface area contributed by atoms with Crippen LogP contribution < -0.4 is 4.90 Å². The maximum atomic E-state index is 11.9. The summed E-state index contributed by atoms with van der Waals surface area (Å²) in [6.45, 7) is 11.0. The van der Waals surface area contributed by atoms with E-state index in [1.807, 2.05) is 11.0 Å². The summed E-state index contributed by atoms with van der Waals surface area (Å²) in [4.78, 5) is 25.3. The monoisotopic (exact) mass is 406 g/mol. The summed E-state index contributed by atoms with van der Waals surface area (Å²) in [5.74, 6) is 1.86. The largest absolute Gasteiger partial charge is 0.392 e. The number of amides is 1. The molecule has 30 heavy (non-hydrogen) atoms. The number of aliphatic hydroxyl groups is 1. The van der Waals surface area contributed by atoms with Gasteiger partial charge in [0, 0.05) is 37.4 Å². The van der Waals surface area contributed by atoms with Crippen LogP contribution in [0.3, 0.4) is 0 Å². The first-order valence-corrected chi connectivity index (χ1v) is 10.7. The van der Waals surface area contributed by atoms with Gasteiger partial charge in [0.05, 0.1) is 6.61 Å². The Morgan fingerprint density at radius 2 is 2.00 bits per heavy atom. The molecule has 0 unspecified atom stereocenters. The smallest absolute Gasteiger partial charge is 0.246 e. The quantitative estimate of drug-likeness (QED) is 0.791. The molecule has 1 aromatic carbocycles. The molecule has 1 saturated heterocycles. The minimum absolute atomic E-state index is 0.00342. The summed E-state index contributed by atoms with van der Waals surface area (Å²) >= 11 is 0. The predicted octanol–water partition coefficient (Wildman–Crippen LogP) is 2.63. The van der Waals surface area contributed by atoms with Crippen LogP contribution in [0.1, 0.15) is 40.8 Å². The van der Waals surface area contributed by atoms with E-state index >= 15 is 0 Å². The number of anilines is 1. The number of hydrogen-bond acceptors (Lipinski definition) is 5. The number of aryl methyl sites for hydroxylation is 1. The van der Waals surface area contributed by atoms with Crippen molar-refractivity contribution in [1.29, 1.82) is 0 Å². The fourth-order valence-electron chi connectivity index (χ4n) is 4.84. The van der Waals surface area contributed by atoms with Crippen LogP contribution in [-0.2, 0) is 24.2 Å². The van der Waals surface area contributed by atoms with Gasteiger partial charge in [0.1, 0.15) is 12.1 Å². The van der Waals surface area contributed by atoms with Crippen molar-refractivity contribution >= 4 is 11.7 Å². The van der Waals surface area contributed by atoms with E-state index in [-0.39, 0.29) is 12.5 Å².